The van der Waals surface area contributed by atoms with Crippen molar-refractivity contribution in [2.75, 3.05) is 0 Å². The number of aromatic nitrogens is 3. The van der Waals surface area contributed by atoms with Gasteiger partial charge in [0, 0.05) is 11.8 Å². The Morgan fingerprint density at radius 3 is 2.25 bits per heavy atom. The third-order valence-corrected chi connectivity index (χ3v) is 1.83. The minimum absolute atomic E-state index is 0. The van der Waals surface area contributed by atoms with E-state index in [0.717, 1.165) is 0 Å². The molecule has 12 heavy (non-hydrogen) atoms. The number of hydrogen-bond acceptors (Lipinski definition) is 3. The van der Waals surface area contributed by atoms with Crippen LogP contribution in [0.15, 0.2) is 14.4 Å². The maximum atomic E-state index is 10.7. The standard InChI is InChI=1S/C3HBrClN3O3.Ca.2H/c4-7-1(9)6-2(10)8(5)3(7)11;;;/h(H,6,9,10);;;. The molecule has 64 valence electrons. The molecule has 1 rings (SSSR count). The van der Waals surface area contributed by atoms with Crippen LogP contribution in [0.4, 0.5) is 0 Å². The topological polar surface area (TPSA) is 76.9 Å². The van der Waals surface area contributed by atoms with Gasteiger partial charge in [-0.2, -0.15) is 7.68 Å². The monoisotopic (exact) mass is 283 g/mol. The van der Waals surface area contributed by atoms with E-state index in [1.165, 1.54) is 0 Å². The fourth-order valence-corrected chi connectivity index (χ4v) is 0.897. The molecule has 0 saturated carbocycles. The summed E-state index contributed by atoms with van der Waals surface area (Å²) in [6.45, 7) is 0. The SMILES string of the molecule is O=c1[nH]c(=O)n(Br)c(=O)n1Cl.[CaH2]. The summed E-state index contributed by atoms with van der Waals surface area (Å²) in [5.41, 5.74) is -2.77. The molecule has 0 aromatic carbocycles. The fraction of sp³-hybridized carbons (Fsp3) is 0. The van der Waals surface area contributed by atoms with Crippen LogP contribution < -0.4 is 17.1 Å². The summed E-state index contributed by atoms with van der Waals surface area (Å²) in [6.07, 6.45) is 0. The Balaban J connectivity index is 0.00000121. The van der Waals surface area contributed by atoms with E-state index in [9.17, 15) is 14.4 Å². The maximum absolute atomic E-state index is 10.7. The van der Waals surface area contributed by atoms with Crippen molar-refractivity contribution in [3.8, 4) is 0 Å². The molecule has 0 amide bonds. The van der Waals surface area contributed by atoms with Crippen LogP contribution in [0.3, 0.4) is 0 Å². The van der Waals surface area contributed by atoms with Crippen LogP contribution >= 0.6 is 27.9 Å². The summed E-state index contributed by atoms with van der Waals surface area (Å²) in [6, 6.07) is 0. The molecule has 0 atom stereocenters. The van der Waals surface area contributed by atoms with Gasteiger partial charge in [-0.25, -0.2) is 14.4 Å². The van der Waals surface area contributed by atoms with Crippen molar-refractivity contribution in [2.45, 2.75) is 0 Å². The molecule has 0 radical (unpaired) electrons. The van der Waals surface area contributed by atoms with Crippen molar-refractivity contribution >= 4 is 65.7 Å². The van der Waals surface area contributed by atoms with E-state index < -0.39 is 17.1 Å². The number of rotatable bonds is 0. The van der Waals surface area contributed by atoms with Gasteiger partial charge in [0.25, 0.3) is 0 Å². The van der Waals surface area contributed by atoms with E-state index in [1.54, 1.807) is 4.98 Å². The first-order valence-electron chi connectivity index (χ1n) is 2.34. The van der Waals surface area contributed by atoms with E-state index in [-0.39, 0.29) is 41.8 Å². The summed E-state index contributed by atoms with van der Waals surface area (Å²) in [5.74, 6) is 0. The van der Waals surface area contributed by atoms with Gasteiger partial charge in [-0.15, -0.1) is 0 Å². The molecular formula is C3H3BrCaClN3O3. The molecule has 1 heterocycles. The van der Waals surface area contributed by atoms with Gasteiger partial charge in [-0.1, -0.05) is 0 Å². The molecule has 1 N–H and O–H groups in total. The molecule has 0 aliphatic rings. The molecule has 0 unspecified atom stereocenters. The number of nitrogens with zero attached hydrogens (tertiary/aromatic N) is 2. The first-order chi connectivity index (χ1) is 5.04. The second-order valence-electron chi connectivity index (χ2n) is 1.58. The van der Waals surface area contributed by atoms with Crippen LogP contribution in [0.1, 0.15) is 0 Å². The Hall–Kier alpha value is 0.440. The average molecular weight is 285 g/mol. The summed E-state index contributed by atoms with van der Waals surface area (Å²) >= 11 is 7.71. The molecule has 0 aliphatic carbocycles. The summed E-state index contributed by atoms with van der Waals surface area (Å²) in [4.78, 5) is 33.7. The Labute approximate surface area is 109 Å². The zero-order valence-electron chi connectivity index (χ0n) is 4.88. The molecule has 0 fully saturated rings. The van der Waals surface area contributed by atoms with Gasteiger partial charge in [-0.3, -0.25) is 4.98 Å². The average Bonchev–Trinajstić information content (AvgIpc) is 1.97. The van der Waals surface area contributed by atoms with Gasteiger partial charge in [0.1, 0.15) is 0 Å². The number of nitrogens with one attached hydrogen (secondary N) is 1. The molecule has 0 aliphatic heterocycles. The van der Waals surface area contributed by atoms with Crippen molar-refractivity contribution in [3.05, 3.63) is 31.5 Å². The molecule has 1 aromatic rings. The molecule has 0 bridgehead atoms. The van der Waals surface area contributed by atoms with Gasteiger partial charge in [0.15, 0.2) is 0 Å². The van der Waals surface area contributed by atoms with E-state index in [0.29, 0.717) is 3.59 Å². The second kappa shape index (κ2) is 4.61. The molecule has 9 heteroatoms. The summed E-state index contributed by atoms with van der Waals surface area (Å²) in [7, 11) is 0. The van der Waals surface area contributed by atoms with Gasteiger partial charge in [-0.05, 0) is 0 Å². The Kier molecular flexibility index (Phi) is 4.78. The van der Waals surface area contributed by atoms with Crippen LogP contribution in [0.2, 0.25) is 0 Å². The molecule has 6 nitrogen and oxygen atoms in total. The number of hydrogen-bond donors (Lipinski definition) is 1. The molecule has 1 aromatic heterocycles. The second-order valence-corrected chi connectivity index (χ2v) is 2.63. The van der Waals surface area contributed by atoms with Crippen molar-refractivity contribution in [3.63, 3.8) is 0 Å². The number of H-pyrrole nitrogens is 1. The Bertz CT molecular complexity index is 410. The van der Waals surface area contributed by atoms with E-state index in [2.05, 4.69) is 16.1 Å². The summed E-state index contributed by atoms with van der Waals surface area (Å²) < 4.78 is 0.748. The summed E-state index contributed by atoms with van der Waals surface area (Å²) in [5, 5.41) is 0. The number of aromatic amines is 1. The Morgan fingerprint density at radius 2 is 1.75 bits per heavy atom. The van der Waals surface area contributed by atoms with Crippen LogP contribution in [0.25, 0.3) is 0 Å². The Morgan fingerprint density at radius 1 is 1.25 bits per heavy atom. The quantitative estimate of drug-likeness (QED) is 0.557. The van der Waals surface area contributed by atoms with Crippen molar-refractivity contribution in [1.82, 2.24) is 12.7 Å². The van der Waals surface area contributed by atoms with Crippen LogP contribution in [0.5, 0.6) is 0 Å². The van der Waals surface area contributed by atoms with E-state index in [1.807, 2.05) is 0 Å². The normalized spacial score (nSPS) is 9.17. The van der Waals surface area contributed by atoms with E-state index >= 15 is 0 Å². The predicted molar refractivity (Wildman–Crippen MR) is 49.7 cm³/mol. The van der Waals surface area contributed by atoms with Crippen molar-refractivity contribution in [2.24, 2.45) is 0 Å². The zero-order chi connectivity index (χ0) is 8.59. The van der Waals surface area contributed by atoms with Crippen LogP contribution in [0, 0.1) is 0 Å². The van der Waals surface area contributed by atoms with Crippen molar-refractivity contribution < 1.29 is 0 Å². The third kappa shape index (κ3) is 2.23. The zero-order valence-corrected chi connectivity index (χ0v) is 7.22. The first-order valence-corrected chi connectivity index (χ1v) is 3.39. The van der Waals surface area contributed by atoms with Gasteiger partial charge in [0.05, 0.1) is 16.1 Å². The number of halogens is 2. The van der Waals surface area contributed by atoms with Gasteiger partial charge in [0.2, 0.25) is 0 Å². The molecule has 0 spiro atoms. The minimum atomic E-state index is -0.961. The van der Waals surface area contributed by atoms with Crippen LogP contribution in [-0.2, 0) is 0 Å². The first kappa shape index (κ1) is 12.4. The molecular weight excluding hydrogens is 281 g/mol. The molecule has 0 saturated heterocycles. The third-order valence-electron chi connectivity index (χ3n) is 0.906. The van der Waals surface area contributed by atoms with E-state index in [4.69, 9.17) is 11.8 Å². The van der Waals surface area contributed by atoms with Gasteiger partial charge >= 0.3 is 54.8 Å². The van der Waals surface area contributed by atoms with Crippen LogP contribution in [-0.4, -0.2) is 50.4 Å². The predicted octanol–water partition coefficient (Wildman–Crippen LogP) is -2.06. The van der Waals surface area contributed by atoms with Gasteiger partial charge < -0.3 is 0 Å². The van der Waals surface area contributed by atoms with Crippen molar-refractivity contribution in [1.29, 1.82) is 0 Å². The fourth-order valence-electron chi connectivity index (χ4n) is 0.440.